The molecule has 0 atom stereocenters. The first-order valence-electron chi connectivity index (χ1n) is 7.00. The monoisotopic (exact) mass is 268 g/mol. The third-order valence-corrected chi connectivity index (χ3v) is 3.02. The van der Waals surface area contributed by atoms with Gasteiger partial charge in [0, 0.05) is 20.2 Å². The third kappa shape index (κ3) is 5.76. The molecule has 0 aromatic carbocycles. The Hall–Kier alpha value is -0.840. The fourth-order valence-electron chi connectivity index (χ4n) is 2.20. The van der Waals surface area contributed by atoms with Crippen molar-refractivity contribution in [2.45, 2.75) is 33.9 Å². The largest absolute Gasteiger partial charge is 0.463 e. The van der Waals surface area contributed by atoms with Gasteiger partial charge in [-0.25, -0.2) is 0 Å². The summed E-state index contributed by atoms with van der Waals surface area (Å²) in [6, 6.07) is 2.15. The smallest absolute Gasteiger partial charge is 0.120 e. The topological polar surface area (TPSA) is 37.6 Å². The summed E-state index contributed by atoms with van der Waals surface area (Å²) in [4.78, 5) is 2.38. The quantitative estimate of drug-likeness (QED) is 0.746. The molecule has 19 heavy (non-hydrogen) atoms. The SMILES string of the molecule is CNCc1oc(CN(CCOC)CC(C)C)cc1C. The molecular weight excluding hydrogens is 240 g/mol. The molecule has 4 heteroatoms. The average Bonchev–Trinajstić information content (AvgIpc) is 2.66. The molecule has 0 aliphatic heterocycles. The standard InChI is InChI=1S/C15H28N2O2/c1-12(2)10-17(6-7-18-5)11-14-8-13(3)15(19-14)9-16-4/h8,12,16H,6-7,9-11H2,1-5H3. The Balaban J connectivity index is 2.63. The predicted octanol–water partition coefficient (Wildman–Crippen LogP) is 2.41. The van der Waals surface area contributed by atoms with Crippen molar-refractivity contribution in [2.24, 2.45) is 5.92 Å². The second-order valence-corrected chi connectivity index (χ2v) is 5.47. The first-order chi connectivity index (χ1) is 9.06. The maximum Gasteiger partial charge on any atom is 0.120 e. The summed E-state index contributed by atoms with van der Waals surface area (Å²) in [6.45, 7) is 11.0. The van der Waals surface area contributed by atoms with Gasteiger partial charge in [0.05, 0.1) is 19.7 Å². The van der Waals surface area contributed by atoms with Gasteiger partial charge < -0.3 is 14.5 Å². The van der Waals surface area contributed by atoms with Crippen LogP contribution in [-0.2, 0) is 17.8 Å². The molecule has 0 unspecified atom stereocenters. The van der Waals surface area contributed by atoms with Crippen molar-refractivity contribution < 1.29 is 9.15 Å². The lowest BCUT2D eigenvalue weighted by Gasteiger charge is -2.22. The first-order valence-corrected chi connectivity index (χ1v) is 7.00. The highest BCUT2D eigenvalue weighted by molar-refractivity contribution is 5.20. The molecule has 1 rings (SSSR count). The summed E-state index contributed by atoms with van der Waals surface area (Å²) in [5.41, 5.74) is 1.22. The summed E-state index contributed by atoms with van der Waals surface area (Å²) in [6.07, 6.45) is 0. The van der Waals surface area contributed by atoms with Gasteiger partial charge in [-0.2, -0.15) is 0 Å². The van der Waals surface area contributed by atoms with Gasteiger partial charge in [-0.15, -0.1) is 0 Å². The van der Waals surface area contributed by atoms with Crippen LogP contribution in [0.4, 0.5) is 0 Å². The Bertz CT molecular complexity index is 361. The van der Waals surface area contributed by atoms with E-state index in [0.717, 1.165) is 44.3 Å². The van der Waals surface area contributed by atoms with Gasteiger partial charge in [0.25, 0.3) is 0 Å². The number of ether oxygens (including phenoxy) is 1. The van der Waals surface area contributed by atoms with Crippen LogP contribution >= 0.6 is 0 Å². The second kappa shape index (κ2) is 8.35. The molecule has 1 N–H and O–H groups in total. The molecule has 0 aliphatic carbocycles. The van der Waals surface area contributed by atoms with Crippen molar-refractivity contribution >= 4 is 0 Å². The van der Waals surface area contributed by atoms with E-state index >= 15 is 0 Å². The molecule has 1 heterocycles. The van der Waals surface area contributed by atoms with Gasteiger partial charge in [0.15, 0.2) is 0 Å². The van der Waals surface area contributed by atoms with Crippen LogP contribution in [0.5, 0.6) is 0 Å². The second-order valence-electron chi connectivity index (χ2n) is 5.47. The van der Waals surface area contributed by atoms with Crippen LogP contribution in [0.15, 0.2) is 10.5 Å². The maximum atomic E-state index is 5.90. The molecular formula is C15H28N2O2. The van der Waals surface area contributed by atoms with Crippen molar-refractivity contribution in [2.75, 3.05) is 33.9 Å². The zero-order valence-corrected chi connectivity index (χ0v) is 13.0. The molecule has 4 nitrogen and oxygen atoms in total. The molecule has 0 spiro atoms. The predicted molar refractivity (Wildman–Crippen MR) is 78.2 cm³/mol. The van der Waals surface area contributed by atoms with Crippen molar-refractivity contribution in [1.82, 2.24) is 10.2 Å². The van der Waals surface area contributed by atoms with Crippen LogP contribution in [0.25, 0.3) is 0 Å². The molecule has 0 fully saturated rings. The van der Waals surface area contributed by atoms with Gasteiger partial charge in [0.1, 0.15) is 11.5 Å². The summed E-state index contributed by atoms with van der Waals surface area (Å²) in [7, 11) is 3.68. The van der Waals surface area contributed by atoms with Crippen molar-refractivity contribution in [3.8, 4) is 0 Å². The molecule has 0 saturated carbocycles. The third-order valence-electron chi connectivity index (χ3n) is 3.02. The number of methoxy groups -OCH3 is 1. The fraction of sp³-hybridized carbons (Fsp3) is 0.733. The minimum atomic E-state index is 0.643. The Morgan fingerprint density at radius 2 is 2.16 bits per heavy atom. The lowest BCUT2D eigenvalue weighted by Crippen LogP contribution is -2.30. The van der Waals surface area contributed by atoms with Crippen LogP contribution < -0.4 is 5.32 Å². The van der Waals surface area contributed by atoms with Crippen LogP contribution in [0.3, 0.4) is 0 Å². The summed E-state index contributed by atoms with van der Waals surface area (Å²) >= 11 is 0. The number of hydrogen-bond acceptors (Lipinski definition) is 4. The van der Waals surface area contributed by atoms with Crippen molar-refractivity contribution in [1.29, 1.82) is 0 Å². The summed E-state index contributed by atoms with van der Waals surface area (Å²) in [5.74, 6) is 2.72. The number of furan rings is 1. The molecule has 1 aromatic heterocycles. The highest BCUT2D eigenvalue weighted by Crippen LogP contribution is 2.16. The number of rotatable bonds is 9. The Morgan fingerprint density at radius 3 is 2.74 bits per heavy atom. The van der Waals surface area contributed by atoms with E-state index in [4.69, 9.17) is 9.15 Å². The van der Waals surface area contributed by atoms with Crippen LogP contribution in [-0.4, -0.2) is 38.8 Å². The molecule has 0 bridgehead atoms. The lowest BCUT2D eigenvalue weighted by molar-refractivity contribution is 0.130. The van der Waals surface area contributed by atoms with E-state index in [1.54, 1.807) is 7.11 Å². The minimum absolute atomic E-state index is 0.643. The van der Waals surface area contributed by atoms with E-state index in [2.05, 4.69) is 37.1 Å². The van der Waals surface area contributed by atoms with E-state index in [1.807, 2.05) is 7.05 Å². The summed E-state index contributed by atoms with van der Waals surface area (Å²) < 4.78 is 11.1. The number of aryl methyl sites for hydroxylation is 1. The molecule has 0 amide bonds. The van der Waals surface area contributed by atoms with Crippen molar-refractivity contribution in [3.05, 3.63) is 23.2 Å². The minimum Gasteiger partial charge on any atom is -0.463 e. The molecule has 1 aromatic rings. The lowest BCUT2D eigenvalue weighted by atomic mass is 10.2. The fourth-order valence-corrected chi connectivity index (χ4v) is 2.20. The maximum absolute atomic E-state index is 5.90. The van der Waals surface area contributed by atoms with Gasteiger partial charge in [-0.1, -0.05) is 13.8 Å². The Kier molecular flexibility index (Phi) is 7.13. The van der Waals surface area contributed by atoms with Gasteiger partial charge in [0.2, 0.25) is 0 Å². The Morgan fingerprint density at radius 1 is 1.42 bits per heavy atom. The number of nitrogens with one attached hydrogen (secondary N) is 1. The normalized spacial score (nSPS) is 11.7. The first kappa shape index (κ1) is 16.2. The van der Waals surface area contributed by atoms with Crippen LogP contribution in [0.1, 0.15) is 30.9 Å². The molecule has 0 radical (unpaired) electrons. The highest BCUT2D eigenvalue weighted by Gasteiger charge is 2.12. The van der Waals surface area contributed by atoms with E-state index in [1.165, 1.54) is 5.56 Å². The van der Waals surface area contributed by atoms with Crippen LogP contribution in [0, 0.1) is 12.8 Å². The number of nitrogens with zero attached hydrogens (tertiary/aromatic N) is 1. The van der Waals surface area contributed by atoms with E-state index in [0.29, 0.717) is 5.92 Å². The van der Waals surface area contributed by atoms with E-state index in [9.17, 15) is 0 Å². The zero-order valence-electron chi connectivity index (χ0n) is 13.0. The van der Waals surface area contributed by atoms with Gasteiger partial charge >= 0.3 is 0 Å². The highest BCUT2D eigenvalue weighted by atomic mass is 16.5. The Labute approximate surface area is 117 Å². The van der Waals surface area contributed by atoms with Crippen molar-refractivity contribution in [3.63, 3.8) is 0 Å². The molecule has 0 saturated heterocycles. The van der Waals surface area contributed by atoms with Gasteiger partial charge in [-0.05, 0) is 31.5 Å². The van der Waals surface area contributed by atoms with E-state index in [-0.39, 0.29) is 0 Å². The zero-order chi connectivity index (χ0) is 14.3. The van der Waals surface area contributed by atoms with Crippen LogP contribution in [0.2, 0.25) is 0 Å². The van der Waals surface area contributed by atoms with E-state index < -0.39 is 0 Å². The molecule has 110 valence electrons. The molecule has 0 aliphatic rings. The number of hydrogen-bond donors (Lipinski definition) is 1. The average molecular weight is 268 g/mol. The van der Waals surface area contributed by atoms with Gasteiger partial charge in [-0.3, -0.25) is 4.90 Å². The summed E-state index contributed by atoms with van der Waals surface area (Å²) in [5, 5.41) is 3.13.